The van der Waals surface area contributed by atoms with Gasteiger partial charge in [-0.3, -0.25) is 4.79 Å². The molecular weight excluding hydrogens is 340 g/mol. The molecule has 2 heterocycles. The highest BCUT2D eigenvalue weighted by Crippen LogP contribution is 2.16. The number of rotatable bonds is 5. The topological polar surface area (TPSA) is 77.6 Å². The van der Waals surface area contributed by atoms with Gasteiger partial charge in [0, 0.05) is 12.7 Å². The highest BCUT2D eigenvalue weighted by atomic mass is 16.1. The van der Waals surface area contributed by atoms with Crippen LogP contribution in [0.2, 0.25) is 0 Å². The predicted octanol–water partition coefficient (Wildman–Crippen LogP) is 2.69. The van der Waals surface area contributed by atoms with Gasteiger partial charge in [-0.2, -0.15) is 10.2 Å². The Morgan fingerprint density at radius 1 is 1.00 bits per heavy atom. The number of amides is 1. The van der Waals surface area contributed by atoms with Crippen LogP contribution >= 0.6 is 0 Å². The SMILES string of the molecule is Cc1ccn(-c2ccccc2C(=O)NCc2ccccc2-n2cncn2)n1. The predicted molar refractivity (Wildman–Crippen MR) is 101 cm³/mol. The van der Waals surface area contributed by atoms with E-state index in [1.807, 2.05) is 61.7 Å². The summed E-state index contributed by atoms with van der Waals surface area (Å²) in [4.78, 5) is 16.8. The first-order valence-corrected chi connectivity index (χ1v) is 8.55. The summed E-state index contributed by atoms with van der Waals surface area (Å²) in [7, 11) is 0. The van der Waals surface area contributed by atoms with Gasteiger partial charge in [0.15, 0.2) is 0 Å². The van der Waals surface area contributed by atoms with Crippen molar-refractivity contribution in [2.45, 2.75) is 13.5 Å². The van der Waals surface area contributed by atoms with Crippen LogP contribution in [0.3, 0.4) is 0 Å². The number of hydrogen-bond acceptors (Lipinski definition) is 4. The van der Waals surface area contributed by atoms with Gasteiger partial charge in [0.2, 0.25) is 0 Å². The summed E-state index contributed by atoms with van der Waals surface area (Å²) >= 11 is 0. The molecular formula is C20H18N6O. The monoisotopic (exact) mass is 358 g/mol. The van der Waals surface area contributed by atoms with Gasteiger partial charge < -0.3 is 5.32 Å². The molecule has 4 aromatic rings. The molecule has 7 heteroatoms. The molecule has 0 bridgehead atoms. The van der Waals surface area contributed by atoms with Gasteiger partial charge in [-0.25, -0.2) is 14.3 Å². The number of benzene rings is 2. The summed E-state index contributed by atoms with van der Waals surface area (Å²) in [5.41, 5.74) is 4.04. The molecule has 0 aliphatic carbocycles. The number of para-hydroxylation sites is 2. The van der Waals surface area contributed by atoms with Gasteiger partial charge in [0.25, 0.3) is 5.91 Å². The molecule has 27 heavy (non-hydrogen) atoms. The Hall–Kier alpha value is -3.74. The van der Waals surface area contributed by atoms with Crippen molar-refractivity contribution in [1.82, 2.24) is 29.9 Å². The van der Waals surface area contributed by atoms with Gasteiger partial charge in [0.05, 0.1) is 22.6 Å². The molecule has 1 N–H and O–H groups in total. The zero-order chi connectivity index (χ0) is 18.6. The normalized spacial score (nSPS) is 10.7. The number of carbonyl (C=O) groups is 1. The molecule has 0 unspecified atom stereocenters. The van der Waals surface area contributed by atoms with Crippen molar-refractivity contribution in [1.29, 1.82) is 0 Å². The molecule has 0 fully saturated rings. The highest BCUT2D eigenvalue weighted by molar-refractivity contribution is 5.97. The van der Waals surface area contributed by atoms with E-state index in [1.54, 1.807) is 21.8 Å². The van der Waals surface area contributed by atoms with E-state index in [1.165, 1.54) is 6.33 Å². The third-order valence-corrected chi connectivity index (χ3v) is 4.21. The minimum absolute atomic E-state index is 0.160. The second-order valence-electron chi connectivity index (χ2n) is 6.07. The van der Waals surface area contributed by atoms with Crippen LogP contribution in [-0.4, -0.2) is 30.5 Å². The van der Waals surface area contributed by atoms with Gasteiger partial charge in [-0.05, 0) is 36.8 Å². The van der Waals surface area contributed by atoms with Crippen LogP contribution in [0.4, 0.5) is 0 Å². The standard InChI is InChI=1S/C20H18N6O/c1-15-10-11-25(24-15)19-9-5-3-7-17(19)20(27)22-12-16-6-2-4-8-18(16)26-14-21-13-23-26/h2-11,13-14H,12H2,1H3,(H,22,27). The van der Waals surface area contributed by atoms with Gasteiger partial charge in [-0.1, -0.05) is 30.3 Å². The number of aryl methyl sites for hydroxylation is 1. The van der Waals surface area contributed by atoms with E-state index in [0.717, 1.165) is 22.6 Å². The first-order valence-electron chi connectivity index (χ1n) is 8.55. The van der Waals surface area contributed by atoms with Crippen molar-refractivity contribution in [2.75, 3.05) is 0 Å². The molecule has 4 rings (SSSR count). The highest BCUT2D eigenvalue weighted by Gasteiger charge is 2.14. The second kappa shape index (κ2) is 7.25. The van der Waals surface area contributed by atoms with Crippen LogP contribution in [0.25, 0.3) is 11.4 Å². The second-order valence-corrected chi connectivity index (χ2v) is 6.07. The van der Waals surface area contributed by atoms with Crippen LogP contribution < -0.4 is 5.32 Å². The first kappa shape index (κ1) is 16.7. The van der Waals surface area contributed by atoms with E-state index in [0.29, 0.717) is 12.1 Å². The molecule has 0 aliphatic heterocycles. The lowest BCUT2D eigenvalue weighted by atomic mass is 10.1. The Kier molecular flexibility index (Phi) is 4.49. The van der Waals surface area contributed by atoms with Crippen molar-refractivity contribution in [3.05, 3.63) is 90.3 Å². The Bertz CT molecular complexity index is 1070. The van der Waals surface area contributed by atoms with Crippen molar-refractivity contribution in [3.8, 4) is 11.4 Å². The van der Waals surface area contributed by atoms with Crippen molar-refractivity contribution in [2.24, 2.45) is 0 Å². The summed E-state index contributed by atoms with van der Waals surface area (Å²) in [6, 6.07) is 17.1. The fourth-order valence-electron chi connectivity index (χ4n) is 2.90. The van der Waals surface area contributed by atoms with Gasteiger partial charge in [-0.15, -0.1) is 0 Å². The number of aromatic nitrogens is 5. The molecule has 0 radical (unpaired) electrons. The molecule has 2 aromatic carbocycles. The zero-order valence-electron chi connectivity index (χ0n) is 14.8. The summed E-state index contributed by atoms with van der Waals surface area (Å²) in [6.07, 6.45) is 4.97. The molecule has 0 atom stereocenters. The lowest BCUT2D eigenvalue weighted by molar-refractivity contribution is 0.0950. The van der Waals surface area contributed by atoms with E-state index in [4.69, 9.17) is 0 Å². The summed E-state index contributed by atoms with van der Waals surface area (Å²) < 4.78 is 3.40. The molecule has 0 spiro atoms. The van der Waals surface area contributed by atoms with Crippen LogP contribution in [0.1, 0.15) is 21.6 Å². The number of hydrogen-bond donors (Lipinski definition) is 1. The Morgan fingerprint density at radius 3 is 2.52 bits per heavy atom. The maximum Gasteiger partial charge on any atom is 0.253 e. The third kappa shape index (κ3) is 3.48. The van der Waals surface area contributed by atoms with Crippen LogP contribution in [0.15, 0.2) is 73.4 Å². The molecule has 1 amide bonds. The summed E-state index contributed by atoms with van der Waals surface area (Å²) in [6.45, 7) is 2.29. The van der Waals surface area contributed by atoms with E-state index in [2.05, 4.69) is 20.5 Å². The van der Waals surface area contributed by atoms with Crippen LogP contribution in [-0.2, 0) is 6.54 Å². The maximum absolute atomic E-state index is 12.8. The Balaban J connectivity index is 1.57. The molecule has 134 valence electrons. The quantitative estimate of drug-likeness (QED) is 0.595. The number of carbonyl (C=O) groups excluding carboxylic acids is 1. The lowest BCUT2D eigenvalue weighted by Crippen LogP contribution is -2.25. The number of nitrogens with zero attached hydrogens (tertiary/aromatic N) is 5. The fraction of sp³-hybridized carbons (Fsp3) is 0.100. The fourth-order valence-corrected chi connectivity index (χ4v) is 2.90. The average Bonchev–Trinajstić information content (AvgIpc) is 3.38. The van der Waals surface area contributed by atoms with Crippen molar-refractivity contribution in [3.63, 3.8) is 0 Å². The Morgan fingerprint density at radius 2 is 1.78 bits per heavy atom. The smallest absolute Gasteiger partial charge is 0.253 e. The van der Waals surface area contributed by atoms with Crippen molar-refractivity contribution >= 4 is 5.91 Å². The summed E-state index contributed by atoms with van der Waals surface area (Å²) in [5.74, 6) is -0.160. The first-order chi connectivity index (χ1) is 13.2. The molecule has 2 aromatic heterocycles. The largest absolute Gasteiger partial charge is 0.348 e. The Labute approximate surface area is 156 Å². The third-order valence-electron chi connectivity index (χ3n) is 4.21. The minimum Gasteiger partial charge on any atom is -0.348 e. The zero-order valence-corrected chi connectivity index (χ0v) is 14.8. The molecule has 7 nitrogen and oxygen atoms in total. The van der Waals surface area contributed by atoms with Crippen LogP contribution in [0.5, 0.6) is 0 Å². The lowest BCUT2D eigenvalue weighted by Gasteiger charge is -2.12. The van der Waals surface area contributed by atoms with E-state index >= 15 is 0 Å². The van der Waals surface area contributed by atoms with Crippen molar-refractivity contribution < 1.29 is 4.79 Å². The van der Waals surface area contributed by atoms with E-state index in [-0.39, 0.29) is 5.91 Å². The van der Waals surface area contributed by atoms with Crippen LogP contribution in [0, 0.1) is 6.92 Å². The molecule has 0 saturated carbocycles. The van der Waals surface area contributed by atoms with Gasteiger partial charge >= 0.3 is 0 Å². The maximum atomic E-state index is 12.8. The average molecular weight is 358 g/mol. The molecule has 0 aliphatic rings. The van der Waals surface area contributed by atoms with Gasteiger partial charge in [0.1, 0.15) is 12.7 Å². The summed E-state index contributed by atoms with van der Waals surface area (Å²) in [5, 5.41) is 11.6. The molecule has 0 saturated heterocycles. The van der Waals surface area contributed by atoms with E-state index in [9.17, 15) is 4.79 Å². The minimum atomic E-state index is -0.160. The van der Waals surface area contributed by atoms with E-state index < -0.39 is 0 Å². The number of nitrogens with one attached hydrogen (secondary N) is 1.